The number of aryl methyl sites for hydroxylation is 1. The molecule has 35 heavy (non-hydrogen) atoms. The Morgan fingerprint density at radius 3 is 2.31 bits per heavy atom. The Morgan fingerprint density at radius 1 is 1.09 bits per heavy atom. The number of fused-ring (bicyclic) bond motifs is 1. The summed E-state index contributed by atoms with van der Waals surface area (Å²) in [4.78, 5) is 29.6. The molecule has 8 nitrogen and oxygen atoms in total. The lowest BCUT2D eigenvalue weighted by Gasteiger charge is -2.28. The SMILES string of the molecule is COc1ccc(-n2nc(C)c3c2C(=O)N(c2ccc(N(C)C(=O)CNC(C)(C)C)cc2)CC3)cc1. The van der Waals surface area contributed by atoms with E-state index in [0.717, 1.165) is 40.5 Å². The third-order valence-corrected chi connectivity index (χ3v) is 6.23. The fraction of sp³-hybridized carbons (Fsp3) is 0.370. The third-order valence-electron chi connectivity index (χ3n) is 6.23. The molecule has 0 spiro atoms. The Hall–Kier alpha value is -3.65. The summed E-state index contributed by atoms with van der Waals surface area (Å²) in [5, 5.41) is 7.88. The van der Waals surface area contributed by atoms with E-state index in [4.69, 9.17) is 4.74 Å². The molecule has 0 bridgehead atoms. The van der Waals surface area contributed by atoms with Gasteiger partial charge in [-0.2, -0.15) is 5.10 Å². The van der Waals surface area contributed by atoms with Gasteiger partial charge in [0, 0.05) is 36.1 Å². The molecule has 0 saturated carbocycles. The van der Waals surface area contributed by atoms with E-state index in [9.17, 15) is 9.59 Å². The van der Waals surface area contributed by atoms with Gasteiger partial charge in [-0.1, -0.05) is 0 Å². The molecule has 8 heteroatoms. The Bertz CT molecular complexity index is 1220. The van der Waals surface area contributed by atoms with Gasteiger partial charge in [0.1, 0.15) is 11.4 Å². The number of hydrogen-bond acceptors (Lipinski definition) is 5. The maximum Gasteiger partial charge on any atom is 0.277 e. The van der Waals surface area contributed by atoms with Gasteiger partial charge in [-0.15, -0.1) is 0 Å². The number of carbonyl (C=O) groups is 2. The van der Waals surface area contributed by atoms with Crippen LogP contribution in [-0.4, -0.2) is 54.4 Å². The van der Waals surface area contributed by atoms with Gasteiger partial charge in [-0.05, 0) is 82.6 Å². The molecule has 1 aliphatic rings. The predicted molar refractivity (Wildman–Crippen MR) is 138 cm³/mol. The highest BCUT2D eigenvalue weighted by molar-refractivity contribution is 6.07. The van der Waals surface area contributed by atoms with Crippen molar-refractivity contribution in [1.82, 2.24) is 15.1 Å². The van der Waals surface area contributed by atoms with E-state index in [1.165, 1.54) is 0 Å². The first-order valence-electron chi connectivity index (χ1n) is 11.8. The highest BCUT2D eigenvalue weighted by Gasteiger charge is 2.32. The number of carbonyl (C=O) groups excluding carboxylic acids is 2. The summed E-state index contributed by atoms with van der Waals surface area (Å²) >= 11 is 0. The predicted octanol–water partition coefficient (Wildman–Crippen LogP) is 3.74. The first kappa shape index (κ1) is 24.5. The molecule has 2 amide bonds. The van der Waals surface area contributed by atoms with Crippen molar-refractivity contribution in [1.29, 1.82) is 0 Å². The molecule has 0 unspecified atom stereocenters. The molecule has 1 aliphatic heterocycles. The highest BCUT2D eigenvalue weighted by Crippen LogP contribution is 2.30. The lowest BCUT2D eigenvalue weighted by Crippen LogP contribution is -2.43. The molecule has 1 N–H and O–H groups in total. The zero-order chi connectivity index (χ0) is 25.3. The number of nitrogens with zero attached hydrogens (tertiary/aromatic N) is 4. The fourth-order valence-corrected chi connectivity index (χ4v) is 4.15. The number of rotatable bonds is 6. The summed E-state index contributed by atoms with van der Waals surface area (Å²) in [5.41, 5.74) is 4.67. The molecule has 3 aromatic rings. The van der Waals surface area contributed by atoms with E-state index in [1.54, 1.807) is 28.6 Å². The molecule has 1 aromatic heterocycles. The van der Waals surface area contributed by atoms with Crippen molar-refractivity contribution in [2.45, 2.75) is 39.7 Å². The van der Waals surface area contributed by atoms with E-state index >= 15 is 0 Å². The number of nitrogens with one attached hydrogen (secondary N) is 1. The summed E-state index contributed by atoms with van der Waals surface area (Å²) in [5.74, 6) is 0.636. The second-order valence-corrected chi connectivity index (χ2v) is 9.80. The molecule has 0 fully saturated rings. The number of likely N-dealkylation sites (N-methyl/N-ethyl adjacent to an activating group) is 1. The van der Waals surface area contributed by atoms with Gasteiger partial charge in [-0.3, -0.25) is 9.59 Å². The standard InChI is InChI=1S/C27H33N5O3/c1-18-23-15-16-31(26(34)25(23)32(29-18)21-11-13-22(35-6)14-12-21)20-9-7-19(8-10-20)30(5)24(33)17-28-27(2,3)4/h7-14,28H,15-17H2,1-6H3. The first-order valence-corrected chi connectivity index (χ1v) is 11.8. The van der Waals surface area contributed by atoms with Gasteiger partial charge < -0.3 is 19.9 Å². The molecule has 184 valence electrons. The minimum Gasteiger partial charge on any atom is -0.497 e. The molecular weight excluding hydrogens is 442 g/mol. The maximum absolute atomic E-state index is 13.6. The van der Waals surface area contributed by atoms with Crippen LogP contribution >= 0.6 is 0 Å². The highest BCUT2D eigenvalue weighted by atomic mass is 16.5. The normalized spacial score (nSPS) is 13.5. The number of aromatic nitrogens is 2. The molecule has 0 aliphatic carbocycles. The molecule has 2 aromatic carbocycles. The second-order valence-electron chi connectivity index (χ2n) is 9.80. The van der Waals surface area contributed by atoms with E-state index in [1.807, 2.05) is 76.2 Å². The second kappa shape index (κ2) is 9.54. The van der Waals surface area contributed by atoms with Crippen LogP contribution < -0.4 is 19.9 Å². The zero-order valence-electron chi connectivity index (χ0n) is 21.3. The summed E-state index contributed by atoms with van der Waals surface area (Å²) in [6.07, 6.45) is 0.724. The lowest BCUT2D eigenvalue weighted by molar-refractivity contribution is -0.117. The van der Waals surface area contributed by atoms with Crippen LogP contribution in [0.15, 0.2) is 48.5 Å². The van der Waals surface area contributed by atoms with Gasteiger partial charge in [0.05, 0.1) is 25.0 Å². The van der Waals surface area contributed by atoms with Crippen LogP contribution in [0, 0.1) is 6.92 Å². The van der Waals surface area contributed by atoms with E-state index in [2.05, 4.69) is 10.4 Å². The molecule has 0 radical (unpaired) electrons. The number of anilines is 2. The van der Waals surface area contributed by atoms with Crippen LogP contribution in [0.5, 0.6) is 5.75 Å². The quantitative estimate of drug-likeness (QED) is 0.588. The third kappa shape index (κ3) is 5.07. The van der Waals surface area contributed by atoms with E-state index in [-0.39, 0.29) is 23.9 Å². The van der Waals surface area contributed by atoms with Crippen LogP contribution in [0.25, 0.3) is 5.69 Å². The summed E-state index contributed by atoms with van der Waals surface area (Å²) < 4.78 is 6.98. The van der Waals surface area contributed by atoms with Crippen LogP contribution in [-0.2, 0) is 11.2 Å². The first-order chi connectivity index (χ1) is 16.6. The topological polar surface area (TPSA) is 79.7 Å². The smallest absolute Gasteiger partial charge is 0.277 e. The van der Waals surface area contributed by atoms with E-state index in [0.29, 0.717) is 12.2 Å². The van der Waals surface area contributed by atoms with Gasteiger partial charge in [-0.25, -0.2) is 4.68 Å². The Kier molecular flexibility index (Phi) is 6.67. The largest absolute Gasteiger partial charge is 0.497 e. The van der Waals surface area contributed by atoms with Crippen molar-refractivity contribution in [3.05, 3.63) is 65.5 Å². The van der Waals surface area contributed by atoms with Crippen LogP contribution in [0.4, 0.5) is 11.4 Å². The van der Waals surface area contributed by atoms with E-state index < -0.39 is 0 Å². The summed E-state index contributed by atoms with van der Waals surface area (Å²) in [6.45, 7) is 8.85. The van der Waals surface area contributed by atoms with Crippen molar-refractivity contribution in [3.63, 3.8) is 0 Å². The Morgan fingerprint density at radius 2 is 1.71 bits per heavy atom. The van der Waals surface area contributed by atoms with Gasteiger partial charge in [0.15, 0.2) is 0 Å². The van der Waals surface area contributed by atoms with Crippen molar-refractivity contribution in [2.24, 2.45) is 0 Å². The number of amides is 2. The number of hydrogen-bond donors (Lipinski definition) is 1. The molecule has 2 heterocycles. The molecular formula is C27H33N5O3. The van der Waals surface area contributed by atoms with Crippen molar-refractivity contribution >= 4 is 23.2 Å². The summed E-state index contributed by atoms with van der Waals surface area (Å²) in [7, 11) is 3.38. The molecule has 4 rings (SSSR count). The van der Waals surface area contributed by atoms with Gasteiger partial charge >= 0.3 is 0 Å². The van der Waals surface area contributed by atoms with Crippen molar-refractivity contribution in [2.75, 3.05) is 37.0 Å². The average Bonchev–Trinajstić information content (AvgIpc) is 3.19. The average molecular weight is 476 g/mol. The Labute approximate surface area is 206 Å². The van der Waals surface area contributed by atoms with Crippen LogP contribution in [0.1, 0.15) is 42.5 Å². The van der Waals surface area contributed by atoms with Crippen molar-refractivity contribution < 1.29 is 14.3 Å². The molecule has 0 saturated heterocycles. The van der Waals surface area contributed by atoms with Gasteiger partial charge in [0.2, 0.25) is 5.91 Å². The van der Waals surface area contributed by atoms with Crippen molar-refractivity contribution in [3.8, 4) is 11.4 Å². The number of benzene rings is 2. The van der Waals surface area contributed by atoms with Crippen LogP contribution in [0.3, 0.4) is 0 Å². The fourth-order valence-electron chi connectivity index (χ4n) is 4.15. The molecule has 0 atom stereocenters. The summed E-state index contributed by atoms with van der Waals surface area (Å²) in [6, 6.07) is 15.0. The minimum absolute atomic E-state index is 0.0229. The van der Waals surface area contributed by atoms with Crippen LogP contribution in [0.2, 0.25) is 0 Å². The lowest BCUT2D eigenvalue weighted by atomic mass is 10.0. The monoisotopic (exact) mass is 475 g/mol. The zero-order valence-corrected chi connectivity index (χ0v) is 21.3. The minimum atomic E-state index is -0.134. The number of methoxy groups -OCH3 is 1. The number of ether oxygens (including phenoxy) is 1. The van der Waals surface area contributed by atoms with Gasteiger partial charge in [0.25, 0.3) is 5.91 Å². The Balaban J connectivity index is 1.55. The maximum atomic E-state index is 13.6.